The molecular weight excluding hydrogens is 506 g/mol. The van der Waals surface area contributed by atoms with Crippen molar-refractivity contribution in [2.75, 3.05) is 13.1 Å². The molecule has 11 heteroatoms. The summed E-state index contributed by atoms with van der Waals surface area (Å²) in [6, 6.07) is 8.82. The largest absolute Gasteiger partial charge is 0.378 e. The predicted molar refractivity (Wildman–Crippen MR) is 132 cm³/mol. The fourth-order valence-corrected chi connectivity index (χ4v) is 6.65. The number of hydrogen-bond acceptors (Lipinski definition) is 6. The normalized spacial score (nSPS) is 28.6. The van der Waals surface area contributed by atoms with E-state index >= 15 is 4.39 Å². The van der Waals surface area contributed by atoms with Gasteiger partial charge in [-0.1, -0.05) is 17.8 Å². The topological polar surface area (TPSA) is 95.4 Å². The molecule has 1 aromatic carbocycles. The molecule has 6 nitrogen and oxygen atoms in total. The van der Waals surface area contributed by atoms with Crippen molar-refractivity contribution in [1.29, 1.82) is 5.26 Å². The molecule has 0 bridgehead atoms. The van der Waals surface area contributed by atoms with E-state index in [0.717, 1.165) is 11.8 Å². The average Bonchev–Trinajstić information content (AvgIpc) is 3.61. The molecule has 1 aromatic heterocycles. The number of halogens is 4. The monoisotopic (exact) mass is 529 g/mol. The van der Waals surface area contributed by atoms with Crippen molar-refractivity contribution in [3.63, 3.8) is 0 Å². The van der Waals surface area contributed by atoms with E-state index in [1.807, 2.05) is 6.07 Å². The van der Waals surface area contributed by atoms with Crippen LogP contribution < -0.4 is 5.73 Å². The van der Waals surface area contributed by atoms with E-state index in [9.17, 15) is 18.0 Å². The number of hydrogen-bond donors (Lipinski definition) is 1. The van der Waals surface area contributed by atoms with Crippen LogP contribution in [0.5, 0.6) is 0 Å². The van der Waals surface area contributed by atoms with Gasteiger partial charge < -0.3 is 10.6 Å². The first-order chi connectivity index (χ1) is 17.5. The number of amides is 1. The molecule has 1 amide bonds. The Hall–Kier alpha value is -3.39. The lowest BCUT2D eigenvalue weighted by atomic mass is 9.84. The van der Waals surface area contributed by atoms with Crippen LogP contribution in [0.2, 0.25) is 0 Å². The fraction of sp³-hybridized carbons (Fsp3) is 0.385. The van der Waals surface area contributed by atoms with Gasteiger partial charge in [0.05, 0.1) is 16.8 Å². The highest BCUT2D eigenvalue weighted by Gasteiger charge is 2.71. The molecule has 192 valence electrons. The Morgan fingerprint density at radius 2 is 2.00 bits per heavy atom. The zero-order chi connectivity index (χ0) is 26.6. The van der Waals surface area contributed by atoms with E-state index in [2.05, 4.69) is 9.98 Å². The highest BCUT2D eigenvalue weighted by Crippen LogP contribution is 2.66. The van der Waals surface area contributed by atoms with Crippen molar-refractivity contribution < 1.29 is 22.4 Å². The number of nitrogens with zero attached hydrogens (tertiary/aromatic N) is 4. The number of thioether (sulfide) groups is 1. The van der Waals surface area contributed by atoms with Crippen molar-refractivity contribution in [2.24, 2.45) is 16.6 Å². The van der Waals surface area contributed by atoms with Crippen LogP contribution in [-0.4, -0.2) is 44.7 Å². The molecule has 37 heavy (non-hydrogen) atoms. The smallest absolute Gasteiger partial charge is 0.251 e. The van der Waals surface area contributed by atoms with E-state index in [1.54, 1.807) is 6.92 Å². The molecule has 1 saturated carbocycles. The van der Waals surface area contributed by atoms with Gasteiger partial charge in [-0.15, -0.1) is 0 Å². The number of amidine groups is 1. The third-order valence-corrected chi connectivity index (χ3v) is 8.62. The molecule has 3 atom stereocenters. The van der Waals surface area contributed by atoms with Gasteiger partial charge in [0, 0.05) is 43.6 Å². The SMILES string of the molecule is C[C@]1(c2cc(/C=C(\F)c3ccc(C#N)cn3)ccc2F)N=C(N)S[C@@]2(C(=O)N3CCC(F)(F)CC3)C[C@H]21. The lowest BCUT2D eigenvalue weighted by molar-refractivity contribution is -0.137. The summed E-state index contributed by atoms with van der Waals surface area (Å²) < 4.78 is 56.3. The molecular formula is C26H23F4N5OS. The maximum Gasteiger partial charge on any atom is 0.251 e. The molecule has 0 spiro atoms. The van der Waals surface area contributed by atoms with Gasteiger partial charge in [0.25, 0.3) is 5.92 Å². The standard InChI is InChI=1S/C26H23F4N5OS/c1-24(17-10-15(2-4-18(17)27)11-19(28)20-5-3-16(13-31)14-33-20)21-12-26(21,37-23(32)34-24)22(36)35-8-6-25(29,30)7-9-35/h2-5,10-11,14,21H,6-9,12H2,1H3,(H2,32,34)/b19-11-/t21-,24+,26-/m0/s1. The predicted octanol–water partition coefficient (Wildman–Crippen LogP) is 4.85. The van der Waals surface area contributed by atoms with E-state index in [4.69, 9.17) is 11.0 Å². The van der Waals surface area contributed by atoms with Crippen molar-refractivity contribution in [3.05, 3.63) is 64.7 Å². The van der Waals surface area contributed by atoms with Crippen molar-refractivity contribution >= 4 is 34.7 Å². The summed E-state index contributed by atoms with van der Waals surface area (Å²) in [5, 5.41) is 9.00. The number of fused-ring (bicyclic) bond motifs is 1. The van der Waals surface area contributed by atoms with Crippen LogP contribution in [0.4, 0.5) is 17.6 Å². The zero-order valence-electron chi connectivity index (χ0n) is 19.8. The van der Waals surface area contributed by atoms with Crippen molar-refractivity contribution in [2.45, 2.75) is 42.4 Å². The molecule has 2 aliphatic heterocycles. The molecule has 2 N–H and O–H groups in total. The fourth-order valence-electron chi connectivity index (χ4n) is 5.20. The second-order valence-electron chi connectivity index (χ2n) is 9.77. The second kappa shape index (κ2) is 8.87. The van der Waals surface area contributed by atoms with Gasteiger partial charge in [-0.25, -0.2) is 17.6 Å². The summed E-state index contributed by atoms with van der Waals surface area (Å²) in [6.45, 7) is 1.59. The van der Waals surface area contributed by atoms with Gasteiger partial charge in [0.15, 0.2) is 5.17 Å². The van der Waals surface area contributed by atoms with Crippen LogP contribution in [0.1, 0.15) is 48.6 Å². The molecule has 1 saturated heterocycles. The molecule has 5 rings (SSSR count). The summed E-state index contributed by atoms with van der Waals surface area (Å²) in [6.07, 6.45) is 2.03. The summed E-state index contributed by atoms with van der Waals surface area (Å²) >= 11 is 1.11. The number of piperidine rings is 1. The molecule has 2 fully saturated rings. The van der Waals surface area contributed by atoms with Crippen LogP contribution in [0.3, 0.4) is 0 Å². The third-order valence-electron chi connectivity index (χ3n) is 7.33. The lowest BCUT2D eigenvalue weighted by Crippen LogP contribution is -2.50. The van der Waals surface area contributed by atoms with Crippen molar-refractivity contribution in [3.8, 4) is 6.07 Å². The molecule has 0 unspecified atom stereocenters. The number of alkyl halides is 2. The Bertz CT molecular complexity index is 1360. The van der Waals surface area contributed by atoms with Gasteiger partial charge in [-0.2, -0.15) is 5.26 Å². The van der Waals surface area contributed by atoms with E-state index in [-0.39, 0.29) is 35.4 Å². The number of aliphatic imine (C=N–C) groups is 1. The van der Waals surface area contributed by atoms with E-state index in [0.29, 0.717) is 17.5 Å². The number of aromatic nitrogens is 1. The number of nitriles is 1. The van der Waals surface area contributed by atoms with Crippen LogP contribution >= 0.6 is 11.8 Å². The van der Waals surface area contributed by atoms with Gasteiger partial charge in [0.2, 0.25) is 5.91 Å². The number of rotatable bonds is 4. The Balaban J connectivity index is 1.44. The Morgan fingerprint density at radius 3 is 2.65 bits per heavy atom. The first-order valence-corrected chi connectivity index (χ1v) is 12.5. The lowest BCUT2D eigenvalue weighted by Gasteiger charge is -2.38. The van der Waals surface area contributed by atoms with E-state index in [1.165, 1.54) is 47.5 Å². The Morgan fingerprint density at radius 1 is 1.27 bits per heavy atom. The summed E-state index contributed by atoms with van der Waals surface area (Å²) in [4.78, 5) is 23.4. The number of carbonyl (C=O) groups is 1. The average molecular weight is 530 g/mol. The van der Waals surface area contributed by atoms with Gasteiger partial charge in [-0.05, 0) is 49.2 Å². The highest BCUT2D eigenvalue weighted by molar-refractivity contribution is 8.15. The first kappa shape index (κ1) is 25.3. The van der Waals surface area contributed by atoms with Gasteiger partial charge in [0.1, 0.15) is 22.5 Å². The quantitative estimate of drug-likeness (QED) is 0.572. The molecule has 0 radical (unpaired) electrons. The molecule has 2 aromatic rings. The Labute approximate surface area is 215 Å². The minimum Gasteiger partial charge on any atom is -0.378 e. The van der Waals surface area contributed by atoms with Gasteiger partial charge in [-0.3, -0.25) is 14.8 Å². The maximum absolute atomic E-state index is 15.2. The molecule has 1 aliphatic carbocycles. The van der Waals surface area contributed by atoms with Crippen molar-refractivity contribution in [1.82, 2.24) is 9.88 Å². The number of likely N-dealkylation sites (tertiary alicyclic amines) is 1. The first-order valence-electron chi connectivity index (χ1n) is 11.7. The van der Waals surface area contributed by atoms with Crippen LogP contribution in [0.25, 0.3) is 11.9 Å². The van der Waals surface area contributed by atoms with E-state index < -0.39 is 46.6 Å². The maximum atomic E-state index is 15.2. The number of carbonyl (C=O) groups excluding carboxylic acids is 1. The summed E-state index contributed by atoms with van der Waals surface area (Å²) in [7, 11) is 0. The van der Waals surface area contributed by atoms with Gasteiger partial charge >= 0.3 is 0 Å². The number of benzene rings is 1. The minimum absolute atomic E-state index is 0.0198. The highest BCUT2D eigenvalue weighted by atomic mass is 32.2. The molecule has 3 aliphatic rings. The third kappa shape index (κ3) is 4.48. The minimum atomic E-state index is -2.79. The van der Waals surface area contributed by atoms with Crippen LogP contribution in [0.15, 0.2) is 41.5 Å². The zero-order valence-corrected chi connectivity index (χ0v) is 20.7. The number of nitrogens with two attached hydrogens (primary N) is 1. The molecule has 3 heterocycles. The summed E-state index contributed by atoms with van der Waals surface area (Å²) in [5.41, 5.74) is 5.74. The van der Waals surface area contributed by atoms with Crippen LogP contribution in [0, 0.1) is 23.1 Å². The van der Waals surface area contributed by atoms with Crippen LogP contribution in [-0.2, 0) is 10.3 Å². The Kier molecular flexibility index (Phi) is 6.06. The summed E-state index contributed by atoms with van der Waals surface area (Å²) in [5.74, 6) is -4.73. The second-order valence-corrected chi connectivity index (χ2v) is 11.1. The number of pyridine rings is 1.